The van der Waals surface area contributed by atoms with E-state index in [1.54, 1.807) is 33.8 Å². The lowest BCUT2D eigenvalue weighted by molar-refractivity contribution is -0.122. The second-order valence-corrected chi connectivity index (χ2v) is 10.3. The smallest absolute Gasteiger partial charge is 0.286 e. The lowest BCUT2D eigenvalue weighted by atomic mass is 9.84. The number of hydrogen-bond acceptors (Lipinski definition) is 10. The first-order valence-electron chi connectivity index (χ1n) is 12.6. The van der Waals surface area contributed by atoms with Gasteiger partial charge in [0.2, 0.25) is 17.6 Å². The van der Waals surface area contributed by atoms with Crippen LogP contribution in [-0.4, -0.2) is 47.7 Å². The third-order valence-corrected chi connectivity index (χ3v) is 6.61. The zero-order chi connectivity index (χ0) is 30.1. The van der Waals surface area contributed by atoms with Gasteiger partial charge in [-0.2, -0.15) is 0 Å². The molecule has 12 nitrogen and oxygen atoms in total. The molecule has 5 N–H and O–H groups in total. The molecule has 2 aromatic carbocycles. The van der Waals surface area contributed by atoms with Gasteiger partial charge in [-0.25, -0.2) is 9.37 Å². The second kappa shape index (κ2) is 11.2. The summed E-state index contributed by atoms with van der Waals surface area (Å²) in [6, 6.07) is 8.38. The Morgan fingerprint density at radius 2 is 1.78 bits per heavy atom. The van der Waals surface area contributed by atoms with E-state index in [9.17, 15) is 29.0 Å². The zero-order valence-electron chi connectivity index (χ0n) is 22.8. The van der Waals surface area contributed by atoms with Crippen LogP contribution < -0.4 is 16.6 Å². The summed E-state index contributed by atoms with van der Waals surface area (Å²) in [6.45, 7) is 6.37. The Labute approximate surface area is 233 Å². The van der Waals surface area contributed by atoms with E-state index in [1.807, 2.05) is 0 Å². The molecular weight excluding hydrogens is 535 g/mol. The van der Waals surface area contributed by atoms with Crippen LogP contribution in [0.2, 0.25) is 0 Å². The molecule has 0 bridgehead atoms. The number of phenols is 2. The van der Waals surface area contributed by atoms with Crippen LogP contribution in [0.5, 0.6) is 11.5 Å². The molecule has 0 radical (unpaired) electrons. The maximum atomic E-state index is 13.4. The number of carbonyl (C=O) groups is 2. The van der Waals surface area contributed by atoms with Gasteiger partial charge in [0.05, 0.1) is 17.7 Å². The van der Waals surface area contributed by atoms with E-state index in [0.717, 1.165) is 10.8 Å². The monoisotopic (exact) mass is 564 g/mol. The number of benzene rings is 2. The molecule has 13 heteroatoms. The molecule has 0 aliphatic rings. The van der Waals surface area contributed by atoms with Crippen molar-refractivity contribution < 1.29 is 28.6 Å². The number of nitrogen functional groups attached to an aromatic ring is 1. The highest BCUT2D eigenvalue weighted by Gasteiger charge is 2.34. The van der Waals surface area contributed by atoms with Gasteiger partial charge >= 0.3 is 0 Å². The first kappa shape index (κ1) is 28.9. The van der Waals surface area contributed by atoms with E-state index in [2.05, 4.69) is 20.5 Å². The summed E-state index contributed by atoms with van der Waals surface area (Å²) in [5.41, 5.74) is 4.86. The maximum Gasteiger partial charge on any atom is 0.286 e. The molecule has 0 saturated heterocycles. The summed E-state index contributed by atoms with van der Waals surface area (Å²) in [5.74, 6) is -3.02. The number of aromatic nitrogens is 4. The maximum absolute atomic E-state index is 13.4. The Morgan fingerprint density at radius 1 is 1.10 bits per heavy atom. The molecule has 0 spiro atoms. The van der Waals surface area contributed by atoms with Crippen LogP contribution in [-0.2, 0) is 16.8 Å². The lowest BCUT2D eigenvalue weighted by Crippen LogP contribution is -2.46. The van der Waals surface area contributed by atoms with Gasteiger partial charge < -0.3 is 25.7 Å². The minimum atomic E-state index is -1.09. The van der Waals surface area contributed by atoms with Gasteiger partial charge in [0, 0.05) is 5.56 Å². The summed E-state index contributed by atoms with van der Waals surface area (Å²) in [5, 5.41) is 30.0. The molecule has 0 aliphatic heterocycles. The number of anilines is 1. The predicted molar refractivity (Wildman–Crippen MR) is 146 cm³/mol. The van der Waals surface area contributed by atoms with Gasteiger partial charge in [0.15, 0.2) is 11.5 Å². The van der Waals surface area contributed by atoms with E-state index in [0.29, 0.717) is 11.1 Å². The van der Waals surface area contributed by atoms with Gasteiger partial charge in [0.1, 0.15) is 23.9 Å². The highest BCUT2D eigenvalue weighted by molar-refractivity contribution is 5.98. The number of carbonyl (C=O) groups excluding carboxylic acids is 2. The number of ketones is 1. The van der Waals surface area contributed by atoms with Gasteiger partial charge in [-0.3, -0.25) is 19.0 Å². The largest absolute Gasteiger partial charge is 0.504 e. The van der Waals surface area contributed by atoms with Crippen molar-refractivity contribution >= 4 is 17.4 Å². The van der Waals surface area contributed by atoms with Crippen LogP contribution in [0.4, 0.5) is 10.1 Å². The fraction of sp³-hybridized carbons (Fsp3) is 0.286. The van der Waals surface area contributed by atoms with Gasteiger partial charge in [-0.05, 0) is 61.7 Å². The van der Waals surface area contributed by atoms with Crippen molar-refractivity contribution in [3.05, 3.63) is 82.2 Å². The Hall–Kier alpha value is -5.07. The molecule has 1 amide bonds. The quantitative estimate of drug-likeness (QED) is 0.174. The number of nitrogens with one attached hydrogen (secondary N) is 1. The molecular formula is C28H29FN6O6. The molecule has 4 rings (SSSR count). The van der Waals surface area contributed by atoms with Gasteiger partial charge in [-0.1, -0.05) is 19.9 Å². The highest BCUT2D eigenvalue weighted by Crippen LogP contribution is 2.35. The van der Waals surface area contributed by atoms with E-state index in [4.69, 9.17) is 10.2 Å². The molecule has 214 valence electrons. The molecule has 1 atom stereocenters. The lowest BCUT2D eigenvalue weighted by Gasteiger charge is -2.22. The van der Waals surface area contributed by atoms with Crippen LogP contribution in [0.3, 0.4) is 0 Å². The number of aromatic hydroxyl groups is 2. The Bertz CT molecular complexity index is 1660. The van der Waals surface area contributed by atoms with Crippen LogP contribution in [0.1, 0.15) is 49.8 Å². The first-order chi connectivity index (χ1) is 19.3. The summed E-state index contributed by atoms with van der Waals surface area (Å²) in [7, 11) is 0. The Kier molecular flexibility index (Phi) is 7.90. The average molecular weight is 565 g/mol. The van der Waals surface area contributed by atoms with Crippen molar-refractivity contribution in [2.45, 2.75) is 45.7 Å². The fourth-order valence-electron chi connectivity index (χ4n) is 4.13. The highest BCUT2D eigenvalue weighted by atomic mass is 19.1. The van der Waals surface area contributed by atoms with E-state index < -0.39 is 47.0 Å². The Balaban J connectivity index is 1.57. The second-order valence-electron chi connectivity index (χ2n) is 10.3. The third kappa shape index (κ3) is 5.93. The zero-order valence-corrected chi connectivity index (χ0v) is 22.8. The molecule has 2 aromatic heterocycles. The summed E-state index contributed by atoms with van der Waals surface area (Å²) in [6.07, 6.45) is 1.16. The van der Waals surface area contributed by atoms with Crippen molar-refractivity contribution in [1.82, 2.24) is 25.1 Å². The number of amides is 1. The molecule has 2 heterocycles. The predicted octanol–water partition coefficient (Wildman–Crippen LogP) is 2.78. The number of Topliss-reactive ketones (excluding diaryl/α,β-unsaturated/α-hetero) is 1. The van der Waals surface area contributed by atoms with Gasteiger partial charge in [-0.15, -0.1) is 10.2 Å². The van der Waals surface area contributed by atoms with Crippen molar-refractivity contribution in [3.63, 3.8) is 0 Å². The summed E-state index contributed by atoms with van der Waals surface area (Å²) in [4.78, 5) is 43.4. The van der Waals surface area contributed by atoms with Crippen molar-refractivity contribution in [3.8, 4) is 22.9 Å². The van der Waals surface area contributed by atoms with E-state index in [1.165, 1.54) is 36.4 Å². The molecule has 0 aliphatic carbocycles. The normalized spacial score (nSPS) is 12.3. The number of phenolic OH excluding ortho intramolecular Hbond substituents is 2. The van der Waals surface area contributed by atoms with Crippen molar-refractivity contribution in [2.24, 2.45) is 5.92 Å². The minimum Gasteiger partial charge on any atom is -0.504 e. The first-order valence-corrected chi connectivity index (χ1v) is 12.6. The van der Waals surface area contributed by atoms with Crippen molar-refractivity contribution in [2.75, 3.05) is 5.73 Å². The van der Waals surface area contributed by atoms with Crippen LogP contribution in [0, 0.1) is 11.7 Å². The third-order valence-electron chi connectivity index (χ3n) is 6.61. The number of halogens is 1. The van der Waals surface area contributed by atoms with Gasteiger partial charge in [0.25, 0.3) is 11.4 Å². The SMILES string of the molecule is CC(C)C(NC(=O)Cn1c(-c2ccc(F)cc2)ncc(N)c1=O)C(=O)c1nnc(C(C)(C)c2ccc(O)c(O)c2)o1. The molecule has 41 heavy (non-hydrogen) atoms. The van der Waals surface area contributed by atoms with Crippen molar-refractivity contribution in [1.29, 1.82) is 0 Å². The molecule has 1 unspecified atom stereocenters. The topological polar surface area (TPSA) is 186 Å². The number of rotatable bonds is 9. The molecule has 4 aromatic rings. The van der Waals surface area contributed by atoms with Crippen LogP contribution in [0.15, 0.2) is 57.9 Å². The van der Waals surface area contributed by atoms with E-state index >= 15 is 0 Å². The van der Waals surface area contributed by atoms with Crippen LogP contribution in [0.25, 0.3) is 11.4 Å². The minimum absolute atomic E-state index is 0.0705. The number of nitrogens with zero attached hydrogens (tertiary/aromatic N) is 4. The average Bonchev–Trinajstić information content (AvgIpc) is 3.43. The number of nitrogens with two attached hydrogens (primary N) is 1. The molecule has 0 saturated carbocycles. The standard InChI is InChI=1S/C28H29FN6O6/c1-14(2)22(23(39)25-33-34-27(41-25)28(3,4)16-7-10-19(36)20(37)11-16)32-21(38)13-35-24(31-12-18(30)26(35)40)15-5-8-17(29)9-6-15/h5-12,14,22,36-37H,13,30H2,1-4H3,(H,32,38). The Morgan fingerprint density at radius 3 is 2.41 bits per heavy atom. The van der Waals surface area contributed by atoms with E-state index in [-0.39, 0.29) is 34.8 Å². The summed E-state index contributed by atoms with van der Waals surface area (Å²) < 4.78 is 20.2. The number of hydrogen-bond donors (Lipinski definition) is 4. The molecule has 0 fully saturated rings. The van der Waals surface area contributed by atoms with Crippen LogP contribution >= 0.6 is 0 Å². The fourth-order valence-corrected chi connectivity index (χ4v) is 4.13. The summed E-state index contributed by atoms with van der Waals surface area (Å²) >= 11 is 0.